The van der Waals surface area contributed by atoms with Gasteiger partial charge in [0, 0.05) is 19.2 Å². The quantitative estimate of drug-likeness (QED) is 0.550. The molecule has 1 aromatic heterocycles. The zero-order valence-corrected chi connectivity index (χ0v) is 12.3. The topological polar surface area (TPSA) is 76.3 Å². The molecule has 0 radical (unpaired) electrons. The van der Waals surface area contributed by atoms with Crippen LogP contribution in [0.1, 0.15) is 32.8 Å². The minimum atomic E-state index is 0.256. The number of hydrazine groups is 1. The summed E-state index contributed by atoms with van der Waals surface area (Å²) < 4.78 is 5.24. The summed E-state index contributed by atoms with van der Waals surface area (Å²) >= 11 is 0. The molecule has 0 aliphatic carbocycles. The Morgan fingerprint density at radius 3 is 2.68 bits per heavy atom. The Morgan fingerprint density at radius 2 is 2.16 bits per heavy atom. The van der Waals surface area contributed by atoms with E-state index >= 15 is 0 Å². The first-order valence-corrected chi connectivity index (χ1v) is 6.75. The molecule has 3 N–H and O–H groups in total. The van der Waals surface area contributed by atoms with Gasteiger partial charge in [0.1, 0.15) is 18.0 Å². The van der Waals surface area contributed by atoms with Crippen LogP contribution in [0.3, 0.4) is 0 Å². The highest BCUT2D eigenvalue weighted by atomic mass is 16.5. The highest BCUT2D eigenvalue weighted by Crippen LogP contribution is 2.25. The molecule has 0 saturated carbocycles. The standard InChI is InChI=1S/C13H25N5O/c1-5-7-11-12(17-14)15-9-16-13(11)18(6-2)10(3)8-19-4/h9-10H,5-8,14H2,1-4H3,(H,15,16,17). The van der Waals surface area contributed by atoms with Gasteiger partial charge in [-0.2, -0.15) is 0 Å². The third kappa shape index (κ3) is 3.78. The van der Waals surface area contributed by atoms with E-state index in [0.717, 1.165) is 30.8 Å². The Balaban J connectivity index is 3.14. The molecule has 19 heavy (non-hydrogen) atoms. The lowest BCUT2D eigenvalue weighted by Gasteiger charge is -2.30. The first kappa shape index (κ1) is 15.7. The third-order valence-corrected chi connectivity index (χ3v) is 3.11. The van der Waals surface area contributed by atoms with Gasteiger partial charge in [-0.25, -0.2) is 15.8 Å². The second-order valence-electron chi connectivity index (χ2n) is 4.51. The van der Waals surface area contributed by atoms with Crippen molar-refractivity contribution in [3.8, 4) is 0 Å². The van der Waals surface area contributed by atoms with E-state index in [1.165, 1.54) is 0 Å². The van der Waals surface area contributed by atoms with Gasteiger partial charge in [-0.15, -0.1) is 0 Å². The zero-order chi connectivity index (χ0) is 14.3. The van der Waals surface area contributed by atoms with Gasteiger partial charge in [-0.3, -0.25) is 0 Å². The highest BCUT2D eigenvalue weighted by molar-refractivity contribution is 5.58. The van der Waals surface area contributed by atoms with Crippen molar-refractivity contribution in [1.82, 2.24) is 9.97 Å². The molecule has 1 heterocycles. The Kier molecular flexibility index (Phi) is 6.52. The average Bonchev–Trinajstić information content (AvgIpc) is 2.41. The fourth-order valence-corrected chi connectivity index (χ4v) is 2.26. The SMILES string of the molecule is CCCc1c(NN)ncnc1N(CC)C(C)COC. The number of nitrogen functional groups attached to an aromatic ring is 1. The molecule has 6 nitrogen and oxygen atoms in total. The number of hydrogen-bond donors (Lipinski definition) is 2. The maximum absolute atomic E-state index is 5.54. The van der Waals surface area contributed by atoms with Gasteiger partial charge in [-0.05, 0) is 20.3 Å². The van der Waals surface area contributed by atoms with Gasteiger partial charge in [0.25, 0.3) is 0 Å². The molecular formula is C13H25N5O. The van der Waals surface area contributed by atoms with Crippen LogP contribution >= 0.6 is 0 Å². The molecule has 1 atom stereocenters. The van der Waals surface area contributed by atoms with Crippen molar-refractivity contribution in [3.63, 3.8) is 0 Å². The predicted octanol–water partition coefficient (Wildman–Crippen LogP) is 1.58. The van der Waals surface area contributed by atoms with Crippen LogP contribution in [0.4, 0.5) is 11.6 Å². The molecule has 1 aromatic rings. The Morgan fingerprint density at radius 1 is 1.42 bits per heavy atom. The van der Waals surface area contributed by atoms with Crippen LogP contribution in [-0.2, 0) is 11.2 Å². The van der Waals surface area contributed by atoms with Crippen LogP contribution < -0.4 is 16.2 Å². The first-order chi connectivity index (χ1) is 9.19. The smallest absolute Gasteiger partial charge is 0.148 e. The van der Waals surface area contributed by atoms with E-state index in [-0.39, 0.29) is 6.04 Å². The molecule has 1 unspecified atom stereocenters. The zero-order valence-electron chi connectivity index (χ0n) is 12.3. The summed E-state index contributed by atoms with van der Waals surface area (Å²) in [6, 6.07) is 0.256. The molecule has 0 amide bonds. The van der Waals surface area contributed by atoms with E-state index in [9.17, 15) is 0 Å². The number of nitrogens with two attached hydrogens (primary N) is 1. The maximum atomic E-state index is 5.54. The molecule has 0 bridgehead atoms. The molecule has 0 aliphatic rings. The van der Waals surface area contributed by atoms with Gasteiger partial charge in [-0.1, -0.05) is 13.3 Å². The summed E-state index contributed by atoms with van der Waals surface area (Å²) in [5.74, 6) is 7.19. The molecule has 0 spiro atoms. The van der Waals surface area contributed by atoms with Crippen LogP contribution in [-0.4, -0.2) is 36.3 Å². The number of methoxy groups -OCH3 is 1. The molecular weight excluding hydrogens is 242 g/mol. The predicted molar refractivity (Wildman–Crippen MR) is 78.2 cm³/mol. The summed E-state index contributed by atoms with van der Waals surface area (Å²) in [7, 11) is 1.71. The first-order valence-electron chi connectivity index (χ1n) is 6.75. The molecule has 0 saturated heterocycles. The Labute approximate surface area is 115 Å². The van der Waals surface area contributed by atoms with E-state index in [2.05, 4.69) is 41.1 Å². The van der Waals surface area contributed by atoms with E-state index in [0.29, 0.717) is 12.4 Å². The molecule has 1 rings (SSSR count). The number of anilines is 2. The lowest BCUT2D eigenvalue weighted by Crippen LogP contribution is -2.37. The summed E-state index contributed by atoms with van der Waals surface area (Å²) in [6.07, 6.45) is 3.46. The minimum absolute atomic E-state index is 0.256. The van der Waals surface area contributed by atoms with Crippen molar-refractivity contribution in [2.45, 2.75) is 39.7 Å². The Hall–Kier alpha value is -1.40. The summed E-state index contributed by atoms with van der Waals surface area (Å²) in [6.45, 7) is 7.89. The van der Waals surface area contributed by atoms with Crippen molar-refractivity contribution >= 4 is 11.6 Å². The van der Waals surface area contributed by atoms with Crippen molar-refractivity contribution in [2.75, 3.05) is 30.6 Å². The van der Waals surface area contributed by atoms with Crippen LogP contribution in [0, 0.1) is 0 Å². The van der Waals surface area contributed by atoms with Crippen LogP contribution in [0.5, 0.6) is 0 Å². The fraction of sp³-hybridized carbons (Fsp3) is 0.692. The van der Waals surface area contributed by atoms with Crippen LogP contribution in [0.15, 0.2) is 6.33 Å². The van der Waals surface area contributed by atoms with Crippen molar-refractivity contribution in [2.24, 2.45) is 5.84 Å². The molecule has 0 fully saturated rings. The summed E-state index contributed by atoms with van der Waals surface area (Å²) in [5, 5.41) is 0. The third-order valence-electron chi connectivity index (χ3n) is 3.11. The lowest BCUT2D eigenvalue weighted by atomic mass is 10.1. The second-order valence-corrected chi connectivity index (χ2v) is 4.51. The number of hydrogen-bond acceptors (Lipinski definition) is 6. The lowest BCUT2D eigenvalue weighted by molar-refractivity contribution is 0.181. The number of nitrogens with zero attached hydrogens (tertiary/aromatic N) is 3. The molecule has 0 aliphatic heterocycles. The van der Waals surface area contributed by atoms with Crippen molar-refractivity contribution in [3.05, 3.63) is 11.9 Å². The summed E-state index contributed by atoms with van der Waals surface area (Å²) in [5.41, 5.74) is 3.73. The number of nitrogens with one attached hydrogen (secondary N) is 1. The molecule has 108 valence electrons. The van der Waals surface area contributed by atoms with Crippen molar-refractivity contribution in [1.29, 1.82) is 0 Å². The number of ether oxygens (including phenoxy) is 1. The van der Waals surface area contributed by atoms with Gasteiger partial charge < -0.3 is 15.1 Å². The van der Waals surface area contributed by atoms with E-state index < -0.39 is 0 Å². The van der Waals surface area contributed by atoms with Gasteiger partial charge >= 0.3 is 0 Å². The van der Waals surface area contributed by atoms with Gasteiger partial charge in [0.2, 0.25) is 0 Å². The van der Waals surface area contributed by atoms with Gasteiger partial charge in [0.05, 0.1) is 12.6 Å². The number of aromatic nitrogens is 2. The highest BCUT2D eigenvalue weighted by Gasteiger charge is 2.19. The maximum Gasteiger partial charge on any atom is 0.148 e. The average molecular weight is 267 g/mol. The van der Waals surface area contributed by atoms with E-state index in [1.807, 2.05) is 0 Å². The normalized spacial score (nSPS) is 12.3. The molecule has 0 aromatic carbocycles. The van der Waals surface area contributed by atoms with E-state index in [4.69, 9.17) is 10.6 Å². The minimum Gasteiger partial charge on any atom is -0.383 e. The fourth-order valence-electron chi connectivity index (χ4n) is 2.26. The monoisotopic (exact) mass is 267 g/mol. The Bertz CT molecular complexity index is 385. The van der Waals surface area contributed by atoms with Crippen molar-refractivity contribution < 1.29 is 4.74 Å². The van der Waals surface area contributed by atoms with E-state index in [1.54, 1.807) is 13.4 Å². The van der Waals surface area contributed by atoms with Crippen LogP contribution in [0.2, 0.25) is 0 Å². The van der Waals surface area contributed by atoms with Gasteiger partial charge in [0.15, 0.2) is 0 Å². The summed E-state index contributed by atoms with van der Waals surface area (Å²) in [4.78, 5) is 10.9. The second kappa shape index (κ2) is 7.91. The largest absolute Gasteiger partial charge is 0.383 e. The number of likely N-dealkylation sites (N-methyl/N-ethyl adjacent to an activating group) is 1. The molecule has 6 heteroatoms. The van der Waals surface area contributed by atoms with Crippen LogP contribution in [0.25, 0.3) is 0 Å². The number of rotatable bonds is 8.